The van der Waals surface area contributed by atoms with Crippen molar-refractivity contribution >= 4 is 11.5 Å². The third kappa shape index (κ3) is 2.56. The molecule has 3 nitrogen and oxygen atoms in total. The lowest BCUT2D eigenvalue weighted by Crippen LogP contribution is -2.04. The number of rotatable bonds is 3. The van der Waals surface area contributed by atoms with Crippen LogP contribution >= 0.6 is 0 Å². The Balaban J connectivity index is 3.03. The molecule has 0 fully saturated rings. The first kappa shape index (κ1) is 9.74. The largest absolute Gasteiger partial charge is 0.399 e. The van der Waals surface area contributed by atoms with E-state index in [9.17, 15) is 4.79 Å². The van der Waals surface area contributed by atoms with Crippen molar-refractivity contribution in [2.24, 2.45) is 5.73 Å². The van der Waals surface area contributed by atoms with Gasteiger partial charge in [-0.05, 0) is 43.7 Å². The predicted molar refractivity (Wildman–Crippen MR) is 53.6 cm³/mol. The number of anilines is 1. The van der Waals surface area contributed by atoms with E-state index in [2.05, 4.69) is 0 Å². The number of benzene rings is 1. The molecule has 0 saturated carbocycles. The van der Waals surface area contributed by atoms with Crippen LogP contribution in [0.3, 0.4) is 0 Å². The van der Waals surface area contributed by atoms with Crippen LogP contribution in [0, 0.1) is 0 Å². The minimum atomic E-state index is 0.0329. The first-order chi connectivity index (χ1) is 6.13. The van der Waals surface area contributed by atoms with Crippen LogP contribution in [0.1, 0.15) is 22.8 Å². The number of ketones is 1. The van der Waals surface area contributed by atoms with Gasteiger partial charge < -0.3 is 11.5 Å². The molecule has 0 aliphatic carbocycles. The number of hydrogen-bond acceptors (Lipinski definition) is 3. The first-order valence-corrected chi connectivity index (χ1v) is 4.24. The molecule has 3 heteroatoms. The Morgan fingerprint density at radius 1 is 1.38 bits per heavy atom. The van der Waals surface area contributed by atoms with Gasteiger partial charge in [0.15, 0.2) is 5.78 Å². The molecular formula is C10H14N2O. The Kier molecular flexibility index (Phi) is 3.03. The molecule has 0 saturated heterocycles. The van der Waals surface area contributed by atoms with Crippen LogP contribution in [-0.2, 0) is 6.42 Å². The van der Waals surface area contributed by atoms with E-state index in [1.54, 1.807) is 6.07 Å². The number of carbonyl (C=O) groups excluding carboxylic acids is 1. The van der Waals surface area contributed by atoms with Crippen LogP contribution < -0.4 is 11.5 Å². The fraction of sp³-hybridized carbons (Fsp3) is 0.300. The van der Waals surface area contributed by atoms with Crippen LogP contribution in [-0.4, -0.2) is 12.3 Å². The second kappa shape index (κ2) is 4.05. The highest BCUT2D eigenvalue weighted by Gasteiger charge is 2.02. The molecule has 0 aliphatic rings. The molecule has 1 aromatic rings. The number of nitrogens with two attached hydrogens (primary N) is 2. The van der Waals surface area contributed by atoms with Crippen molar-refractivity contribution in [2.45, 2.75) is 13.3 Å². The smallest absolute Gasteiger partial charge is 0.159 e. The van der Waals surface area contributed by atoms with Gasteiger partial charge in [0.2, 0.25) is 0 Å². The van der Waals surface area contributed by atoms with Gasteiger partial charge in [-0.2, -0.15) is 0 Å². The van der Waals surface area contributed by atoms with Gasteiger partial charge in [-0.25, -0.2) is 0 Å². The maximum Gasteiger partial charge on any atom is 0.159 e. The number of Topliss-reactive ketones (excluding diaryl/α,β-unsaturated/α-hetero) is 1. The summed E-state index contributed by atoms with van der Waals surface area (Å²) in [5, 5.41) is 0. The van der Waals surface area contributed by atoms with Gasteiger partial charge in [0, 0.05) is 11.3 Å². The summed E-state index contributed by atoms with van der Waals surface area (Å²) in [6.45, 7) is 2.10. The van der Waals surface area contributed by atoms with Gasteiger partial charge in [0.05, 0.1) is 0 Å². The Bertz CT molecular complexity index is 321. The molecule has 0 radical (unpaired) electrons. The zero-order chi connectivity index (χ0) is 9.84. The fourth-order valence-corrected chi connectivity index (χ4v) is 1.23. The Hall–Kier alpha value is -1.35. The average Bonchev–Trinajstić information content (AvgIpc) is 2.03. The van der Waals surface area contributed by atoms with E-state index < -0.39 is 0 Å². The predicted octanol–water partition coefficient (Wildman–Crippen LogP) is 0.973. The van der Waals surface area contributed by atoms with Crippen LogP contribution in [0.5, 0.6) is 0 Å². The number of hydrogen-bond donors (Lipinski definition) is 2. The standard InChI is InChI=1S/C10H14N2O/c1-7(13)9-4-8(2-3-11)5-10(12)6-9/h4-6H,2-3,11-12H2,1H3. The van der Waals surface area contributed by atoms with E-state index in [1.807, 2.05) is 12.1 Å². The van der Waals surface area contributed by atoms with Crippen LogP contribution in [0.4, 0.5) is 5.69 Å². The molecule has 0 spiro atoms. The topological polar surface area (TPSA) is 69.1 Å². The monoisotopic (exact) mass is 178 g/mol. The molecule has 1 rings (SSSR count). The van der Waals surface area contributed by atoms with Crippen LogP contribution in [0.2, 0.25) is 0 Å². The number of carbonyl (C=O) groups is 1. The van der Waals surface area contributed by atoms with Crippen molar-refractivity contribution in [3.8, 4) is 0 Å². The molecular weight excluding hydrogens is 164 g/mol. The SMILES string of the molecule is CC(=O)c1cc(N)cc(CCN)c1. The summed E-state index contributed by atoms with van der Waals surface area (Å²) in [4.78, 5) is 11.1. The molecule has 0 atom stereocenters. The summed E-state index contributed by atoms with van der Waals surface area (Å²) >= 11 is 0. The van der Waals surface area contributed by atoms with Crippen molar-refractivity contribution in [1.29, 1.82) is 0 Å². The Labute approximate surface area is 77.7 Å². The van der Waals surface area contributed by atoms with Gasteiger partial charge in [-0.1, -0.05) is 0 Å². The summed E-state index contributed by atoms with van der Waals surface area (Å²) in [6.07, 6.45) is 0.755. The van der Waals surface area contributed by atoms with E-state index in [1.165, 1.54) is 6.92 Å². The van der Waals surface area contributed by atoms with Crippen molar-refractivity contribution in [2.75, 3.05) is 12.3 Å². The minimum Gasteiger partial charge on any atom is -0.399 e. The zero-order valence-corrected chi connectivity index (χ0v) is 7.71. The summed E-state index contributed by atoms with van der Waals surface area (Å²) in [5.41, 5.74) is 13.3. The van der Waals surface area contributed by atoms with Crippen molar-refractivity contribution in [3.05, 3.63) is 29.3 Å². The maximum atomic E-state index is 11.1. The van der Waals surface area contributed by atoms with Gasteiger partial charge in [-0.3, -0.25) is 4.79 Å². The minimum absolute atomic E-state index is 0.0329. The maximum absolute atomic E-state index is 11.1. The molecule has 0 bridgehead atoms. The van der Waals surface area contributed by atoms with E-state index in [0.29, 0.717) is 17.8 Å². The molecule has 0 unspecified atom stereocenters. The molecule has 4 N–H and O–H groups in total. The second-order valence-corrected chi connectivity index (χ2v) is 3.06. The summed E-state index contributed by atoms with van der Waals surface area (Å²) < 4.78 is 0. The lowest BCUT2D eigenvalue weighted by Gasteiger charge is -2.03. The number of nitrogen functional groups attached to an aromatic ring is 1. The van der Waals surface area contributed by atoms with Gasteiger partial charge in [0.1, 0.15) is 0 Å². The third-order valence-corrected chi connectivity index (χ3v) is 1.85. The molecule has 13 heavy (non-hydrogen) atoms. The second-order valence-electron chi connectivity index (χ2n) is 3.06. The van der Waals surface area contributed by atoms with Crippen molar-refractivity contribution < 1.29 is 4.79 Å². The normalized spacial score (nSPS) is 10.0. The molecule has 70 valence electrons. The average molecular weight is 178 g/mol. The van der Waals surface area contributed by atoms with E-state index in [-0.39, 0.29) is 5.78 Å². The zero-order valence-electron chi connectivity index (χ0n) is 7.71. The molecule has 0 amide bonds. The Morgan fingerprint density at radius 2 is 2.08 bits per heavy atom. The summed E-state index contributed by atoms with van der Waals surface area (Å²) in [6, 6.07) is 5.37. The van der Waals surface area contributed by atoms with Crippen molar-refractivity contribution in [1.82, 2.24) is 0 Å². The highest BCUT2D eigenvalue weighted by atomic mass is 16.1. The molecule has 1 aromatic carbocycles. The highest BCUT2D eigenvalue weighted by Crippen LogP contribution is 2.12. The highest BCUT2D eigenvalue weighted by molar-refractivity contribution is 5.95. The van der Waals surface area contributed by atoms with Crippen LogP contribution in [0.25, 0.3) is 0 Å². The molecule has 0 aliphatic heterocycles. The van der Waals surface area contributed by atoms with Gasteiger partial charge in [0.25, 0.3) is 0 Å². The van der Waals surface area contributed by atoms with Crippen molar-refractivity contribution in [3.63, 3.8) is 0 Å². The van der Waals surface area contributed by atoms with E-state index >= 15 is 0 Å². The quantitative estimate of drug-likeness (QED) is 0.535. The van der Waals surface area contributed by atoms with Gasteiger partial charge in [-0.15, -0.1) is 0 Å². The fourth-order valence-electron chi connectivity index (χ4n) is 1.23. The third-order valence-electron chi connectivity index (χ3n) is 1.85. The summed E-state index contributed by atoms with van der Waals surface area (Å²) in [5.74, 6) is 0.0329. The lowest BCUT2D eigenvalue weighted by molar-refractivity contribution is 0.101. The van der Waals surface area contributed by atoms with E-state index in [4.69, 9.17) is 11.5 Å². The molecule has 0 aromatic heterocycles. The first-order valence-electron chi connectivity index (χ1n) is 4.24. The van der Waals surface area contributed by atoms with Crippen LogP contribution in [0.15, 0.2) is 18.2 Å². The van der Waals surface area contributed by atoms with E-state index in [0.717, 1.165) is 12.0 Å². The Morgan fingerprint density at radius 3 is 2.62 bits per heavy atom. The van der Waals surface area contributed by atoms with Gasteiger partial charge >= 0.3 is 0 Å². The lowest BCUT2D eigenvalue weighted by atomic mass is 10.0. The molecule has 0 heterocycles. The summed E-state index contributed by atoms with van der Waals surface area (Å²) in [7, 11) is 0.